The average molecular weight is 258 g/mol. The van der Waals surface area contributed by atoms with Gasteiger partial charge < -0.3 is 14.8 Å². The molecule has 0 spiro atoms. The van der Waals surface area contributed by atoms with Gasteiger partial charge in [0.15, 0.2) is 0 Å². The van der Waals surface area contributed by atoms with E-state index in [4.69, 9.17) is 9.47 Å². The lowest BCUT2D eigenvalue weighted by Crippen LogP contribution is -2.26. The van der Waals surface area contributed by atoms with Crippen LogP contribution in [0.4, 0.5) is 15.8 Å². The minimum Gasteiger partial charge on any atom is -0.382 e. The van der Waals surface area contributed by atoms with Gasteiger partial charge >= 0.3 is 0 Å². The third-order valence-electron chi connectivity index (χ3n) is 2.36. The first kappa shape index (κ1) is 14.3. The average Bonchev–Trinajstić information content (AvgIpc) is 2.34. The molecule has 0 saturated heterocycles. The number of anilines is 1. The van der Waals surface area contributed by atoms with E-state index in [1.54, 1.807) is 0 Å². The van der Waals surface area contributed by atoms with Crippen LogP contribution in [0.15, 0.2) is 18.2 Å². The maximum absolute atomic E-state index is 13.0. The molecular formula is C11H15FN2O4. The van der Waals surface area contributed by atoms with Crippen LogP contribution in [0.5, 0.6) is 0 Å². The predicted octanol–water partition coefficient (Wildman–Crippen LogP) is 1.81. The monoisotopic (exact) mass is 258 g/mol. The number of hydrogen-bond donors (Lipinski definition) is 1. The van der Waals surface area contributed by atoms with E-state index in [2.05, 4.69) is 5.32 Å². The minimum absolute atomic E-state index is 0.123. The Kier molecular flexibility index (Phi) is 5.47. The van der Waals surface area contributed by atoms with Crippen LogP contribution in [0.3, 0.4) is 0 Å². The maximum Gasteiger partial charge on any atom is 0.292 e. The van der Waals surface area contributed by atoms with Crippen LogP contribution in [-0.4, -0.2) is 38.4 Å². The van der Waals surface area contributed by atoms with E-state index >= 15 is 0 Å². The molecule has 1 rings (SSSR count). The second-order valence-electron chi connectivity index (χ2n) is 3.61. The van der Waals surface area contributed by atoms with E-state index in [9.17, 15) is 14.5 Å². The Balaban J connectivity index is 2.76. The summed E-state index contributed by atoms with van der Waals surface area (Å²) in [5, 5.41) is 13.5. The quantitative estimate of drug-likeness (QED) is 0.596. The summed E-state index contributed by atoms with van der Waals surface area (Å²) in [4.78, 5) is 10.2. The first-order valence-corrected chi connectivity index (χ1v) is 5.28. The number of halogens is 1. The Morgan fingerprint density at radius 1 is 1.50 bits per heavy atom. The van der Waals surface area contributed by atoms with E-state index in [0.29, 0.717) is 6.61 Å². The van der Waals surface area contributed by atoms with E-state index < -0.39 is 10.7 Å². The number of nitrogens with one attached hydrogen (secondary N) is 1. The summed E-state index contributed by atoms with van der Waals surface area (Å²) in [5.74, 6) is -0.538. The molecule has 1 atom stereocenters. The zero-order valence-electron chi connectivity index (χ0n) is 10.2. The van der Waals surface area contributed by atoms with Gasteiger partial charge in [-0.3, -0.25) is 10.1 Å². The molecule has 0 saturated carbocycles. The van der Waals surface area contributed by atoms with Crippen LogP contribution >= 0.6 is 0 Å². The molecule has 1 aromatic carbocycles. The summed E-state index contributed by atoms with van der Waals surface area (Å²) in [6.07, 6.45) is -0.266. The predicted molar refractivity (Wildman–Crippen MR) is 64.2 cm³/mol. The van der Waals surface area contributed by atoms with Gasteiger partial charge in [0, 0.05) is 32.9 Å². The number of hydrogen-bond acceptors (Lipinski definition) is 5. The fourth-order valence-electron chi connectivity index (χ4n) is 1.43. The summed E-state index contributed by atoms with van der Waals surface area (Å²) in [5.41, 5.74) is -0.0539. The van der Waals surface area contributed by atoms with Crippen molar-refractivity contribution in [2.24, 2.45) is 0 Å². The topological polar surface area (TPSA) is 73.6 Å². The molecule has 18 heavy (non-hydrogen) atoms. The summed E-state index contributed by atoms with van der Waals surface area (Å²) >= 11 is 0. The number of nitro benzene ring substituents is 1. The molecule has 6 nitrogen and oxygen atoms in total. The molecule has 0 radical (unpaired) electrons. The number of ether oxygens (including phenoxy) is 2. The van der Waals surface area contributed by atoms with Crippen molar-refractivity contribution in [2.45, 2.75) is 6.10 Å². The molecular weight excluding hydrogens is 243 g/mol. The van der Waals surface area contributed by atoms with Crippen molar-refractivity contribution in [2.75, 3.05) is 32.7 Å². The van der Waals surface area contributed by atoms with E-state index in [-0.39, 0.29) is 24.0 Å². The number of rotatable bonds is 7. The van der Waals surface area contributed by atoms with Crippen LogP contribution in [0.25, 0.3) is 0 Å². The normalized spacial score (nSPS) is 12.2. The highest BCUT2D eigenvalue weighted by Crippen LogP contribution is 2.24. The molecule has 100 valence electrons. The summed E-state index contributed by atoms with van der Waals surface area (Å²) in [6.45, 7) is 0.626. The zero-order chi connectivity index (χ0) is 13.5. The smallest absolute Gasteiger partial charge is 0.292 e. The van der Waals surface area contributed by atoms with Gasteiger partial charge in [0.05, 0.1) is 17.6 Å². The highest BCUT2D eigenvalue weighted by molar-refractivity contribution is 5.61. The maximum atomic E-state index is 13.0. The molecule has 0 bridgehead atoms. The number of methoxy groups -OCH3 is 2. The van der Waals surface area contributed by atoms with Gasteiger partial charge in [0.1, 0.15) is 11.5 Å². The first-order valence-electron chi connectivity index (χ1n) is 5.28. The lowest BCUT2D eigenvalue weighted by Gasteiger charge is -2.15. The van der Waals surface area contributed by atoms with E-state index in [0.717, 1.165) is 18.2 Å². The first-order chi connectivity index (χ1) is 8.58. The van der Waals surface area contributed by atoms with Crippen molar-refractivity contribution in [3.63, 3.8) is 0 Å². The molecule has 0 fully saturated rings. The van der Waals surface area contributed by atoms with E-state index in [1.165, 1.54) is 14.2 Å². The van der Waals surface area contributed by atoms with Crippen LogP contribution in [-0.2, 0) is 9.47 Å². The van der Waals surface area contributed by atoms with Gasteiger partial charge in [0.2, 0.25) is 0 Å². The third-order valence-corrected chi connectivity index (χ3v) is 2.36. The third kappa shape index (κ3) is 3.94. The van der Waals surface area contributed by atoms with Crippen molar-refractivity contribution < 1.29 is 18.8 Å². The molecule has 7 heteroatoms. The lowest BCUT2D eigenvalue weighted by atomic mass is 10.2. The Hall–Kier alpha value is -1.73. The summed E-state index contributed by atoms with van der Waals surface area (Å²) in [6, 6.07) is 3.25. The number of nitrogens with zero attached hydrogens (tertiary/aromatic N) is 1. The van der Waals surface area contributed by atoms with Crippen molar-refractivity contribution in [3.05, 3.63) is 34.1 Å². The molecule has 0 aliphatic rings. The second-order valence-corrected chi connectivity index (χ2v) is 3.61. The van der Waals surface area contributed by atoms with Crippen molar-refractivity contribution >= 4 is 11.4 Å². The summed E-state index contributed by atoms with van der Waals surface area (Å²) < 4.78 is 23.1. The van der Waals surface area contributed by atoms with Crippen LogP contribution in [0.2, 0.25) is 0 Å². The van der Waals surface area contributed by atoms with Crippen molar-refractivity contribution in [1.29, 1.82) is 0 Å². The second kappa shape index (κ2) is 6.87. The van der Waals surface area contributed by atoms with Gasteiger partial charge in [-0.1, -0.05) is 0 Å². The standard InChI is InChI=1S/C11H15FN2O4/c1-17-7-9(18-2)6-13-10-5-8(12)3-4-11(10)14(15)16/h3-5,9,13H,6-7H2,1-2H3. The Morgan fingerprint density at radius 2 is 2.22 bits per heavy atom. The molecule has 1 aromatic rings. The Morgan fingerprint density at radius 3 is 2.78 bits per heavy atom. The van der Waals surface area contributed by atoms with Crippen LogP contribution < -0.4 is 5.32 Å². The molecule has 0 heterocycles. The largest absolute Gasteiger partial charge is 0.382 e. The fraction of sp³-hybridized carbons (Fsp3) is 0.455. The molecule has 0 aliphatic carbocycles. The van der Waals surface area contributed by atoms with E-state index in [1.807, 2.05) is 0 Å². The summed E-state index contributed by atoms with van der Waals surface area (Å²) in [7, 11) is 3.03. The van der Waals surface area contributed by atoms with Crippen LogP contribution in [0, 0.1) is 15.9 Å². The number of benzene rings is 1. The lowest BCUT2D eigenvalue weighted by molar-refractivity contribution is -0.384. The van der Waals surface area contributed by atoms with Crippen molar-refractivity contribution in [1.82, 2.24) is 0 Å². The Labute approximate surface area is 104 Å². The molecule has 1 unspecified atom stereocenters. The minimum atomic E-state index is -0.570. The molecule has 0 aliphatic heterocycles. The molecule has 1 N–H and O–H groups in total. The van der Waals surface area contributed by atoms with Gasteiger partial charge in [-0.2, -0.15) is 0 Å². The zero-order valence-corrected chi connectivity index (χ0v) is 10.2. The van der Waals surface area contributed by atoms with Gasteiger partial charge in [-0.15, -0.1) is 0 Å². The van der Waals surface area contributed by atoms with Gasteiger partial charge in [0.25, 0.3) is 5.69 Å². The molecule has 0 aromatic heterocycles. The Bertz CT molecular complexity index is 414. The highest BCUT2D eigenvalue weighted by Gasteiger charge is 2.15. The highest BCUT2D eigenvalue weighted by atomic mass is 19.1. The van der Waals surface area contributed by atoms with Gasteiger partial charge in [-0.25, -0.2) is 4.39 Å². The number of nitro groups is 1. The molecule has 0 amide bonds. The fourth-order valence-corrected chi connectivity index (χ4v) is 1.43. The SMILES string of the molecule is COCC(CNc1cc(F)ccc1[N+](=O)[O-])OC. The van der Waals surface area contributed by atoms with Crippen molar-refractivity contribution in [3.8, 4) is 0 Å². The van der Waals surface area contributed by atoms with Crippen LogP contribution in [0.1, 0.15) is 0 Å². The van der Waals surface area contributed by atoms with Gasteiger partial charge in [-0.05, 0) is 6.07 Å².